The van der Waals surface area contributed by atoms with Gasteiger partial charge in [-0.3, -0.25) is 10.1 Å². The Labute approximate surface area is 120 Å². The molecule has 1 N–H and O–H groups in total. The number of anilines is 1. The van der Waals surface area contributed by atoms with Gasteiger partial charge in [-0.15, -0.1) is 0 Å². The first-order valence-corrected chi connectivity index (χ1v) is 6.48. The van der Waals surface area contributed by atoms with Crippen LogP contribution in [-0.2, 0) is 4.74 Å². The Morgan fingerprint density at radius 1 is 1.48 bits per heavy atom. The van der Waals surface area contributed by atoms with Crippen LogP contribution in [0, 0.1) is 10.1 Å². The van der Waals surface area contributed by atoms with Crippen LogP contribution in [0.2, 0.25) is 0 Å². The van der Waals surface area contributed by atoms with Crippen molar-refractivity contribution in [2.75, 3.05) is 19.0 Å². The molecule has 0 bridgehead atoms. The molecular weight excluding hydrogens is 286 g/mol. The number of nitro groups is 1. The number of halogens is 2. The second-order valence-corrected chi connectivity index (χ2v) is 4.91. The first kappa shape index (κ1) is 15.4. The molecule has 1 aromatic rings. The summed E-state index contributed by atoms with van der Waals surface area (Å²) < 4.78 is 34.2. The second-order valence-electron chi connectivity index (χ2n) is 4.91. The van der Waals surface area contributed by atoms with Crippen LogP contribution >= 0.6 is 0 Å². The zero-order valence-electron chi connectivity index (χ0n) is 11.5. The summed E-state index contributed by atoms with van der Waals surface area (Å²) >= 11 is 0. The third-order valence-electron chi connectivity index (χ3n) is 3.69. The fourth-order valence-electron chi connectivity index (χ4n) is 2.25. The predicted molar refractivity (Wildman–Crippen MR) is 71.8 cm³/mol. The van der Waals surface area contributed by atoms with E-state index in [0.29, 0.717) is 12.2 Å². The zero-order chi connectivity index (χ0) is 15.5. The Hall–Kier alpha value is -1.96. The maximum absolute atomic E-state index is 12.3. The van der Waals surface area contributed by atoms with Gasteiger partial charge in [-0.25, -0.2) is 0 Å². The van der Waals surface area contributed by atoms with E-state index in [2.05, 4.69) is 10.1 Å². The number of nitrogens with zero attached hydrogens (tertiary/aromatic N) is 1. The molecule has 1 aromatic carbocycles. The highest BCUT2D eigenvalue weighted by Crippen LogP contribution is 2.36. The van der Waals surface area contributed by atoms with Crippen LogP contribution in [0.25, 0.3) is 0 Å². The van der Waals surface area contributed by atoms with Crippen LogP contribution in [0.3, 0.4) is 0 Å². The van der Waals surface area contributed by atoms with Gasteiger partial charge in [0.25, 0.3) is 0 Å². The van der Waals surface area contributed by atoms with Gasteiger partial charge >= 0.3 is 12.3 Å². The van der Waals surface area contributed by atoms with Crippen LogP contribution in [0.15, 0.2) is 18.2 Å². The van der Waals surface area contributed by atoms with Gasteiger partial charge in [-0.2, -0.15) is 8.78 Å². The molecule has 2 rings (SSSR count). The molecule has 1 aliphatic rings. The van der Waals surface area contributed by atoms with E-state index in [1.165, 1.54) is 12.1 Å². The molecule has 0 saturated heterocycles. The summed E-state index contributed by atoms with van der Waals surface area (Å²) in [7, 11) is 1.63. The average Bonchev–Trinajstić information content (AvgIpc) is 2.37. The van der Waals surface area contributed by atoms with Gasteiger partial charge in [0.05, 0.1) is 10.5 Å². The van der Waals surface area contributed by atoms with Gasteiger partial charge in [0.15, 0.2) is 0 Å². The lowest BCUT2D eigenvalue weighted by Gasteiger charge is -2.40. The van der Waals surface area contributed by atoms with Crippen molar-refractivity contribution in [3.63, 3.8) is 0 Å². The van der Waals surface area contributed by atoms with Gasteiger partial charge in [0.1, 0.15) is 0 Å². The fourth-order valence-corrected chi connectivity index (χ4v) is 2.25. The highest BCUT2D eigenvalue weighted by atomic mass is 19.3. The Kier molecular flexibility index (Phi) is 4.56. The minimum absolute atomic E-state index is 0.245. The van der Waals surface area contributed by atoms with Crippen molar-refractivity contribution in [2.45, 2.75) is 31.5 Å². The van der Waals surface area contributed by atoms with Crippen molar-refractivity contribution in [1.29, 1.82) is 0 Å². The summed E-state index contributed by atoms with van der Waals surface area (Å²) in [5, 5.41) is 13.8. The average molecular weight is 302 g/mol. The molecule has 1 saturated carbocycles. The number of alkyl halides is 2. The van der Waals surface area contributed by atoms with Crippen molar-refractivity contribution in [3.8, 4) is 5.75 Å². The normalized spacial score (nSPS) is 16.4. The zero-order valence-corrected chi connectivity index (χ0v) is 11.5. The molecular formula is C13H16F2N2O4. The number of nitro benzene ring substituents is 1. The lowest BCUT2D eigenvalue weighted by atomic mass is 9.80. The molecule has 0 aromatic heterocycles. The smallest absolute Gasteiger partial charge is 0.387 e. The maximum Gasteiger partial charge on any atom is 0.387 e. The number of ether oxygens (including phenoxy) is 2. The van der Waals surface area contributed by atoms with Crippen molar-refractivity contribution >= 4 is 11.4 Å². The number of benzene rings is 1. The molecule has 0 amide bonds. The van der Waals surface area contributed by atoms with E-state index in [1.54, 1.807) is 7.11 Å². The molecule has 0 unspecified atom stereocenters. The second kappa shape index (κ2) is 6.21. The summed E-state index contributed by atoms with van der Waals surface area (Å²) in [6.45, 7) is -2.61. The molecule has 0 atom stereocenters. The molecule has 1 fully saturated rings. The highest BCUT2D eigenvalue weighted by Gasteiger charge is 2.36. The van der Waals surface area contributed by atoms with Crippen molar-refractivity contribution < 1.29 is 23.2 Å². The summed E-state index contributed by atoms with van der Waals surface area (Å²) in [5.74, 6) is -0.458. The predicted octanol–water partition coefficient (Wildman–Crippen LogP) is 3.18. The van der Waals surface area contributed by atoms with Crippen molar-refractivity contribution in [1.82, 2.24) is 0 Å². The molecule has 0 aliphatic heterocycles. The largest absolute Gasteiger partial charge is 0.427 e. The minimum Gasteiger partial charge on any atom is -0.427 e. The summed E-state index contributed by atoms with van der Waals surface area (Å²) in [5.41, 5.74) is -0.267. The van der Waals surface area contributed by atoms with Gasteiger partial charge in [0.2, 0.25) is 5.75 Å². The first-order valence-electron chi connectivity index (χ1n) is 6.48. The van der Waals surface area contributed by atoms with Crippen LogP contribution in [0.1, 0.15) is 19.3 Å². The quantitative estimate of drug-likeness (QED) is 0.618. The standard InChI is InChI=1S/C13H16F2N2O4/c1-20-13(5-2-6-13)8-16-9-3-4-10(17(18)19)11(7-9)21-12(14)15/h3-4,7,12,16H,2,5-6,8H2,1H3. The summed E-state index contributed by atoms with van der Waals surface area (Å²) in [6, 6.07) is 3.80. The molecule has 0 radical (unpaired) electrons. The minimum atomic E-state index is -3.11. The summed E-state index contributed by atoms with van der Waals surface area (Å²) in [4.78, 5) is 10.0. The lowest BCUT2D eigenvalue weighted by Crippen LogP contribution is -2.45. The molecule has 6 nitrogen and oxygen atoms in total. The van der Waals surface area contributed by atoms with E-state index in [4.69, 9.17) is 4.74 Å². The third kappa shape index (κ3) is 3.57. The molecule has 8 heteroatoms. The Balaban J connectivity index is 2.11. The fraction of sp³-hybridized carbons (Fsp3) is 0.538. The molecule has 0 spiro atoms. The number of hydrogen-bond acceptors (Lipinski definition) is 5. The van der Waals surface area contributed by atoms with Gasteiger partial charge in [-0.1, -0.05) is 0 Å². The van der Waals surface area contributed by atoms with Crippen LogP contribution in [-0.4, -0.2) is 30.8 Å². The third-order valence-corrected chi connectivity index (χ3v) is 3.69. The van der Waals surface area contributed by atoms with Crippen LogP contribution in [0.4, 0.5) is 20.2 Å². The van der Waals surface area contributed by atoms with E-state index in [0.717, 1.165) is 25.3 Å². The van der Waals surface area contributed by atoms with Crippen molar-refractivity contribution in [2.24, 2.45) is 0 Å². The topological polar surface area (TPSA) is 73.6 Å². The number of hydrogen-bond donors (Lipinski definition) is 1. The number of nitrogens with one attached hydrogen (secondary N) is 1. The van der Waals surface area contributed by atoms with Crippen molar-refractivity contribution in [3.05, 3.63) is 28.3 Å². The SMILES string of the molecule is COC1(CNc2ccc([N+](=O)[O-])c(OC(F)F)c2)CCC1. The number of rotatable bonds is 7. The van der Waals surface area contributed by atoms with Gasteiger partial charge in [0, 0.05) is 31.5 Å². The van der Waals surface area contributed by atoms with Gasteiger partial charge < -0.3 is 14.8 Å². The monoisotopic (exact) mass is 302 g/mol. The molecule has 0 heterocycles. The maximum atomic E-state index is 12.3. The molecule has 21 heavy (non-hydrogen) atoms. The Morgan fingerprint density at radius 2 is 2.19 bits per heavy atom. The van der Waals surface area contributed by atoms with E-state index in [9.17, 15) is 18.9 Å². The van der Waals surface area contributed by atoms with E-state index >= 15 is 0 Å². The Morgan fingerprint density at radius 3 is 2.67 bits per heavy atom. The van der Waals surface area contributed by atoms with E-state index in [-0.39, 0.29) is 5.60 Å². The van der Waals surface area contributed by atoms with Crippen LogP contribution in [0.5, 0.6) is 5.75 Å². The summed E-state index contributed by atoms with van der Waals surface area (Å²) in [6.07, 6.45) is 2.92. The molecule has 1 aliphatic carbocycles. The Bertz CT molecular complexity index is 515. The first-order chi connectivity index (χ1) is 9.96. The van der Waals surface area contributed by atoms with E-state index < -0.39 is 23.0 Å². The lowest BCUT2D eigenvalue weighted by molar-refractivity contribution is -0.386. The van der Waals surface area contributed by atoms with Gasteiger partial charge in [-0.05, 0) is 25.3 Å². The van der Waals surface area contributed by atoms with E-state index in [1.807, 2.05) is 0 Å². The van der Waals surface area contributed by atoms with Crippen LogP contribution < -0.4 is 10.1 Å². The number of methoxy groups -OCH3 is 1. The molecule has 116 valence electrons. The highest BCUT2D eigenvalue weighted by molar-refractivity contribution is 5.58.